The molecule has 0 radical (unpaired) electrons. The third-order valence-corrected chi connectivity index (χ3v) is 3.67. The molecule has 1 heterocycles. The molecule has 4 heteroatoms. The summed E-state index contributed by atoms with van der Waals surface area (Å²) in [4.78, 5) is 4.50. The fraction of sp³-hybridized carbons (Fsp3) is 0.500. The number of hydrogen-bond donors (Lipinski definition) is 0. The van der Waals surface area contributed by atoms with Crippen LogP contribution in [0.25, 0.3) is 0 Å². The fourth-order valence-electron chi connectivity index (χ4n) is 2.54. The highest BCUT2D eigenvalue weighted by atomic mass is 35.5. The highest BCUT2D eigenvalue weighted by Crippen LogP contribution is 2.31. The number of benzene rings is 1. The third-order valence-electron chi connectivity index (χ3n) is 3.38. The van der Waals surface area contributed by atoms with Crippen LogP contribution in [-0.2, 0) is 0 Å². The molecule has 96 valence electrons. The van der Waals surface area contributed by atoms with Crippen LogP contribution in [0, 0.1) is 25.2 Å². The Bertz CT molecular complexity index is 447. The first-order chi connectivity index (χ1) is 8.61. The molecule has 1 aliphatic rings. The molecular formula is C14H18ClN3. The summed E-state index contributed by atoms with van der Waals surface area (Å²) >= 11 is 6.36. The number of hydrogen-bond acceptors (Lipinski definition) is 3. The molecule has 0 saturated carbocycles. The van der Waals surface area contributed by atoms with Gasteiger partial charge in [0, 0.05) is 26.2 Å². The minimum absolute atomic E-state index is 0.522. The summed E-state index contributed by atoms with van der Waals surface area (Å²) in [5, 5.41) is 9.53. The van der Waals surface area contributed by atoms with Crippen molar-refractivity contribution >= 4 is 17.3 Å². The fourth-order valence-corrected chi connectivity index (χ4v) is 2.98. The highest BCUT2D eigenvalue weighted by Gasteiger charge is 2.20. The van der Waals surface area contributed by atoms with Gasteiger partial charge in [-0.25, -0.2) is 0 Å². The average molecular weight is 264 g/mol. The summed E-state index contributed by atoms with van der Waals surface area (Å²) in [6.45, 7) is 8.42. The zero-order valence-electron chi connectivity index (χ0n) is 10.9. The van der Waals surface area contributed by atoms with Crippen LogP contribution in [0.2, 0.25) is 5.02 Å². The van der Waals surface area contributed by atoms with Crippen LogP contribution in [0.3, 0.4) is 0 Å². The summed E-state index contributed by atoms with van der Waals surface area (Å²) in [5.74, 6) is 0. The molecule has 0 aliphatic carbocycles. The Morgan fingerprint density at radius 2 is 1.89 bits per heavy atom. The quantitative estimate of drug-likeness (QED) is 0.769. The predicted molar refractivity (Wildman–Crippen MR) is 75.2 cm³/mol. The zero-order valence-corrected chi connectivity index (χ0v) is 11.7. The molecule has 3 nitrogen and oxygen atoms in total. The van der Waals surface area contributed by atoms with Gasteiger partial charge in [0.15, 0.2) is 0 Å². The lowest BCUT2D eigenvalue weighted by Crippen LogP contribution is -2.46. The van der Waals surface area contributed by atoms with Gasteiger partial charge in [0.1, 0.15) is 0 Å². The third kappa shape index (κ3) is 2.77. The lowest BCUT2D eigenvalue weighted by Gasteiger charge is -2.36. The van der Waals surface area contributed by atoms with Crippen molar-refractivity contribution in [1.82, 2.24) is 4.90 Å². The molecule has 0 amide bonds. The first-order valence-electron chi connectivity index (χ1n) is 6.23. The van der Waals surface area contributed by atoms with E-state index in [-0.39, 0.29) is 0 Å². The second-order valence-electron chi connectivity index (χ2n) is 4.83. The summed E-state index contributed by atoms with van der Waals surface area (Å²) in [6, 6.07) is 6.39. The van der Waals surface area contributed by atoms with Gasteiger partial charge in [0.25, 0.3) is 0 Å². The van der Waals surface area contributed by atoms with Crippen molar-refractivity contribution in [3.05, 3.63) is 28.3 Å². The lowest BCUT2D eigenvalue weighted by molar-refractivity contribution is 0.287. The van der Waals surface area contributed by atoms with Crippen LogP contribution in [0.1, 0.15) is 11.1 Å². The molecule has 1 aliphatic heterocycles. The van der Waals surface area contributed by atoms with Gasteiger partial charge in [-0.2, -0.15) is 5.26 Å². The number of rotatable bonds is 2. The van der Waals surface area contributed by atoms with Crippen LogP contribution < -0.4 is 4.90 Å². The molecule has 0 N–H and O–H groups in total. The lowest BCUT2D eigenvalue weighted by atomic mass is 10.1. The Labute approximate surface area is 114 Å². The molecule has 2 rings (SSSR count). The predicted octanol–water partition coefficient (Wildman–Crippen LogP) is 2.60. The Morgan fingerprint density at radius 3 is 2.44 bits per heavy atom. The van der Waals surface area contributed by atoms with Gasteiger partial charge in [-0.05, 0) is 31.0 Å². The van der Waals surface area contributed by atoms with Gasteiger partial charge in [-0.15, -0.1) is 0 Å². The van der Waals surface area contributed by atoms with E-state index in [9.17, 15) is 0 Å². The van der Waals surface area contributed by atoms with E-state index in [1.807, 2.05) is 6.07 Å². The molecule has 0 spiro atoms. The Balaban J connectivity index is 2.13. The first kappa shape index (κ1) is 13.2. The second-order valence-corrected chi connectivity index (χ2v) is 5.24. The molecule has 0 aromatic heterocycles. The maximum absolute atomic E-state index is 8.69. The Kier molecular flexibility index (Phi) is 4.11. The number of nitriles is 1. The number of piperazine rings is 1. The van der Waals surface area contributed by atoms with Crippen molar-refractivity contribution in [1.29, 1.82) is 5.26 Å². The van der Waals surface area contributed by atoms with Crippen molar-refractivity contribution in [2.45, 2.75) is 13.8 Å². The molecule has 0 atom stereocenters. The van der Waals surface area contributed by atoms with E-state index in [4.69, 9.17) is 16.9 Å². The number of halogens is 1. The Hall–Kier alpha value is -1.24. The monoisotopic (exact) mass is 263 g/mol. The minimum atomic E-state index is 0.522. The number of anilines is 1. The molecule has 18 heavy (non-hydrogen) atoms. The molecule has 1 aromatic carbocycles. The van der Waals surface area contributed by atoms with E-state index in [2.05, 4.69) is 35.8 Å². The molecule has 1 saturated heterocycles. The summed E-state index contributed by atoms with van der Waals surface area (Å²) in [7, 11) is 0. The summed E-state index contributed by atoms with van der Waals surface area (Å²) in [5.41, 5.74) is 3.58. The van der Waals surface area contributed by atoms with Crippen molar-refractivity contribution < 1.29 is 0 Å². The summed E-state index contributed by atoms with van der Waals surface area (Å²) in [6.07, 6.45) is 0. The van der Waals surface area contributed by atoms with Crippen molar-refractivity contribution in [3.8, 4) is 6.07 Å². The van der Waals surface area contributed by atoms with E-state index in [0.717, 1.165) is 36.9 Å². The van der Waals surface area contributed by atoms with Crippen molar-refractivity contribution in [3.63, 3.8) is 0 Å². The van der Waals surface area contributed by atoms with Gasteiger partial charge in [0.2, 0.25) is 0 Å². The number of nitrogens with zero attached hydrogens (tertiary/aromatic N) is 3. The van der Waals surface area contributed by atoms with Crippen LogP contribution >= 0.6 is 11.6 Å². The largest absolute Gasteiger partial charge is 0.368 e. The Morgan fingerprint density at radius 1 is 1.22 bits per heavy atom. The van der Waals surface area contributed by atoms with Crippen molar-refractivity contribution in [2.24, 2.45) is 0 Å². The van der Waals surface area contributed by atoms with Gasteiger partial charge in [-0.1, -0.05) is 17.7 Å². The molecule has 0 bridgehead atoms. The maximum atomic E-state index is 8.69. The highest BCUT2D eigenvalue weighted by molar-refractivity contribution is 6.33. The molecule has 0 unspecified atom stereocenters. The molecule has 1 aromatic rings. The smallest absolute Gasteiger partial charge is 0.0867 e. The van der Waals surface area contributed by atoms with Gasteiger partial charge < -0.3 is 4.90 Å². The topological polar surface area (TPSA) is 30.3 Å². The van der Waals surface area contributed by atoms with Gasteiger partial charge >= 0.3 is 0 Å². The van der Waals surface area contributed by atoms with Crippen LogP contribution in [-0.4, -0.2) is 37.6 Å². The van der Waals surface area contributed by atoms with Crippen LogP contribution in [0.4, 0.5) is 5.69 Å². The van der Waals surface area contributed by atoms with Crippen molar-refractivity contribution in [2.75, 3.05) is 37.6 Å². The SMILES string of the molecule is Cc1cc(C)c(N2CCN(CC#N)CC2)c(Cl)c1. The molecular weight excluding hydrogens is 246 g/mol. The van der Waals surface area contributed by atoms with Gasteiger partial charge in [0.05, 0.1) is 23.3 Å². The summed E-state index contributed by atoms with van der Waals surface area (Å²) < 4.78 is 0. The average Bonchev–Trinajstić information content (AvgIpc) is 2.30. The standard InChI is InChI=1S/C14H18ClN3/c1-11-9-12(2)14(13(15)10-11)18-7-5-17(4-3-16)6-8-18/h9-10H,4-8H2,1-2H3. The van der Waals surface area contributed by atoms with E-state index in [0.29, 0.717) is 6.54 Å². The van der Waals surface area contributed by atoms with E-state index < -0.39 is 0 Å². The zero-order chi connectivity index (χ0) is 13.1. The van der Waals surface area contributed by atoms with E-state index in [1.54, 1.807) is 0 Å². The molecule has 1 fully saturated rings. The van der Waals surface area contributed by atoms with E-state index >= 15 is 0 Å². The number of aryl methyl sites for hydroxylation is 2. The first-order valence-corrected chi connectivity index (χ1v) is 6.60. The normalized spacial score (nSPS) is 16.7. The van der Waals surface area contributed by atoms with Crippen LogP contribution in [0.5, 0.6) is 0 Å². The van der Waals surface area contributed by atoms with E-state index in [1.165, 1.54) is 11.1 Å². The minimum Gasteiger partial charge on any atom is -0.368 e. The maximum Gasteiger partial charge on any atom is 0.0867 e. The van der Waals surface area contributed by atoms with Gasteiger partial charge in [-0.3, -0.25) is 4.90 Å². The second kappa shape index (κ2) is 5.60. The van der Waals surface area contributed by atoms with Crippen LogP contribution in [0.15, 0.2) is 12.1 Å².